The second-order valence-electron chi connectivity index (χ2n) is 7.10. The highest BCUT2D eigenvalue weighted by molar-refractivity contribution is 7.15. The Morgan fingerprint density at radius 3 is 2.65 bits per heavy atom. The Hall–Kier alpha value is -3.20. The third-order valence-electron chi connectivity index (χ3n) is 4.86. The van der Waals surface area contributed by atoms with Gasteiger partial charge in [0.15, 0.2) is 4.96 Å². The molecule has 160 valence electrons. The molecule has 31 heavy (non-hydrogen) atoms. The highest BCUT2D eigenvalue weighted by atomic mass is 32.1. The van der Waals surface area contributed by atoms with Gasteiger partial charge in [-0.15, -0.1) is 11.3 Å². The number of benzene rings is 2. The molecule has 4 aromatic rings. The van der Waals surface area contributed by atoms with Crippen molar-refractivity contribution in [3.05, 3.63) is 82.7 Å². The van der Waals surface area contributed by atoms with Gasteiger partial charge in [-0.3, -0.25) is 9.20 Å². The molecule has 0 aliphatic rings. The fourth-order valence-corrected chi connectivity index (χ4v) is 4.11. The van der Waals surface area contributed by atoms with Crippen LogP contribution in [0, 0.1) is 5.82 Å². The summed E-state index contributed by atoms with van der Waals surface area (Å²) in [5, 5.41) is 4.56. The summed E-state index contributed by atoms with van der Waals surface area (Å²) in [6.45, 7) is 1.64. The monoisotopic (exact) mass is 447 g/mol. The molecule has 0 fully saturated rings. The lowest BCUT2D eigenvalue weighted by Gasteiger charge is -2.16. The number of fused-ring (bicyclic) bond motifs is 1. The van der Waals surface area contributed by atoms with Crippen molar-refractivity contribution in [2.75, 3.05) is 0 Å². The first-order valence-corrected chi connectivity index (χ1v) is 10.3. The predicted octanol–water partition coefficient (Wildman–Crippen LogP) is 5.64. The van der Waals surface area contributed by atoms with Crippen LogP contribution in [0.5, 0.6) is 0 Å². The van der Waals surface area contributed by atoms with Gasteiger partial charge in [0.1, 0.15) is 5.82 Å². The zero-order valence-corrected chi connectivity index (χ0v) is 17.1. The van der Waals surface area contributed by atoms with Crippen molar-refractivity contribution < 1.29 is 22.4 Å². The maximum absolute atomic E-state index is 13.1. The number of nitrogens with zero attached hydrogens (tertiary/aromatic N) is 2. The molecule has 0 aliphatic heterocycles. The third-order valence-corrected chi connectivity index (χ3v) is 5.75. The molecular formula is C22H17F4N3OS. The molecule has 1 amide bonds. The van der Waals surface area contributed by atoms with Gasteiger partial charge in [0.2, 0.25) is 5.91 Å². The number of hydrogen-bond donors (Lipinski definition) is 1. The molecule has 4 rings (SSSR count). The molecule has 0 saturated heterocycles. The molecule has 2 aromatic heterocycles. The van der Waals surface area contributed by atoms with Crippen LogP contribution in [0.15, 0.2) is 60.1 Å². The molecule has 2 heterocycles. The summed E-state index contributed by atoms with van der Waals surface area (Å²) < 4.78 is 53.7. The first-order valence-electron chi connectivity index (χ1n) is 9.38. The van der Waals surface area contributed by atoms with E-state index >= 15 is 0 Å². The van der Waals surface area contributed by atoms with Crippen LogP contribution in [0.3, 0.4) is 0 Å². The quantitative estimate of drug-likeness (QED) is 0.403. The molecule has 0 spiro atoms. The molecule has 2 aromatic carbocycles. The van der Waals surface area contributed by atoms with Crippen LogP contribution in [-0.4, -0.2) is 15.3 Å². The number of imidazole rings is 1. The molecule has 1 N–H and O–H groups in total. The van der Waals surface area contributed by atoms with Crippen LogP contribution in [-0.2, 0) is 17.4 Å². The summed E-state index contributed by atoms with van der Waals surface area (Å²) in [6, 6.07) is 10.3. The van der Waals surface area contributed by atoms with Gasteiger partial charge in [0, 0.05) is 22.8 Å². The molecule has 1 atom stereocenters. The molecule has 0 aliphatic carbocycles. The number of thiazole rings is 1. The van der Waals surface area contributed by atoms with Crippen molar-refractivity contribution >= 4 is 22.2 Å². The van der Waals surface area contributed by atoms with E-state index in [1.165, 1.54) is 29.5 Å². The fourth-order valence-electron chi connectivity index (χ4n) is 3.24. The van der Waals surface area contributed by atoms with E-state index < -0.39 is 17.8 Å². The van der Waals surface area contributed by atoms with Gasteiger partial charge in [0.25, 0.3) is 0 Å². The molecule has 0 unspecified atom stereocenters. The Morgan fingerprint density at radius 2 is 1.94 bits per heavy atom. The van der Waals surface area contributed by atoms with E-state index in [0.29, 0.717) is 21.9 Å². The average Bonchev–Trinajstić information content (AvgIpc) is 3.30. The maximum Gasteiger partial charge on any atom is 0.416 e. The normalized spacial score (nSPS) is 12.8. The number of alkyl halides is 3. The van der Waals surface area contributed by atoms with Crippen molar-refractivity contribution in [2.45, 2.75) is 25.6 Å². The third kappa shape index (κ3) is 4.61. The minimum Gasteiger partial charge on any atom is -0.349 e. The lowest BCUT2D eigenvalue weighted by molar-refractivity contribution is -0.137. The van der Waals surface area contributed by atoms with Crippen LogP contribution >= 0.6 is 11.3 Å². The van der Waals surface area contributed by atoms with E-state index in [0.717, 1.165) is 17.7 Å². The molecule has 9 heteroatoms. The van der Waals surface area contributed by atoms with E-state index in [2.05, 4.69) is 10.3 Å². The van der Waals surface area contributed by atoms with E-state index in [9.17, 15) is 22.4 Å². The minimum absolute atomic E-state index is 0.0442. The second-order valence-corrected chi connectivity index (χ2v) is 7.94. The number of aromatic nitrogens is 2. The van der Waals surface area contributed by atoms with Crippen LogP contribution in [0.1, 0.15) is 29.8 Å². The Labute approximate surface area is 179 Å². The van der Waals surface area contributed by atoms with E-state index in [1.807, 2.05) is 5.38 Å². The van der Waals surface area contributed by atoms with E-state index in [4.69, 9.17) is 0 Å². The van der Waals surface area contributed by atoms with Crippen LogP contribution in [0.25, 0.3) is 16.2 Å². The molecule has 0 radical (unpaired) electrons. The number of hydrogen-bond acceptors (Lipinski definition) is 3. The first kappa shape index (κ1) is 21.0. The largest absolute Gasteiger partial charge is 0.416 e. The lowest BCUT2D eigenvalue weighted by atomic mass is 10.0. The molecular weight excluding hydrogens is 430 g/mol. The zero-order valence-electron chi connectivity index (χ0n) is 16.3. The molecule has 0 saturated carbocycles. The van der Waals surface area contributed by atoms with E-state index in [1.54, 1.807) is 35.7 Å². The predicted molar refractivity (Wildman–Crippen MR) is 110 cm³/mol. The Bertz CT molecular complexity index is 1230. The Kier molecular flexibility index (Phi) is 5.53. The summed E-state index contributed by atoms with van der Waals surface area (Å²) in [5.41, 5.74) is 1.74. The van der Waals surface area contributed by atoms with Crippen LogP contribution in [0.2, 0.25) is 0 Å². The van der Waals surface area contributed by atoms with Crippen molar-refractivity contribution in [1.29, 1.82) is 0 Å². The van der Waals surface area contributed by atoms with Crippen molar-refractivity contribution in [3.8, 4) is 11.3 Å². The van der Waals surface area contributed by atoms with Crippen LogP contribution in [0.4, 0.5) is 17.6 Å². The van der Waals surface area contributed by atoms with Crippen LogP contribution < -0.4 is 5.32 Å². The van der Waals surface area contributed by atoms with Gasteiger partial charge in [0.05, 0.1) is 23.7 Å². The average molecular weight is 447 g/mol. The highest BCUT2D eigenvalue weighted by Gasteiger charge is 2.30. The summed E-state index contributed by atoms with van der Waals surface area (Å²) in [6.07, 6.45) is -2.62. The number of halogens is 4. The zero-order chi connectivity index (χ0) is 22.2. The lowest BCUT2D eigenvalue weighted by Crippen LogP contribution is -2.28. The first-order chi connectivity index (χ1) is 14.7. The van der Waals surface area contributed by atoms with Gasteiger partial charge >= 0.3 is 6.18 Å². The number of amides is 1. The molecule has 0 bridgehead atoms. The topological polar surface area (TPSA) is 46.4 Å². The van der Waals surface area contributed by atoms with Crippen molar-refractivity contribution in [3.63, 3.8) is 0 Å². The Balaban J connectivity index is 1.48. The number of carbonyl (C=O) groups is 1. The van der Waals surface area contributed by atoms with Gasteiger partial charge in [-0.05, 0) is 48.9 Å². The number of nitrogens with one attached hydrogen (secondary N) is 1. The van der Waals surface area contributed by atoms with Gasteiger partial charge in [-0.1, -0.05) is 12.1 Å². The number of rotatable bonds is 5. The summed E-state index contributed by atoms with van der Waals surface area (Å²) in [5.74, 6) is -0.654. The maximum atomic E-state index is 13.1. The minimum atomic E-state index is -4.44. The van der Waals surface area contributed by atoms with Gasteiger partial charge < -0.3 is 5.32 Å². The highest BCUT2D eigenvalue weighted by Crippen LogP contribution is 2.31. The SMILES string of the molecule is C[C@H](NC(=O)Cc1csc2nc(-c3ccc(F)cc3)cn12)c1cccc(C(F)(F)F)c1. The number of carbonyl (C=O) groups excluding carboxylic acids is 1. The van der Waals surface area contributed by atoms with Gasteiger partial charge in [-0.2, -0.15) is 13.2 Å². The summed E-state index contributed by atoms with van der Waals surface area (Å²) in [7, 11) is 0. The van der Waals surface area contributed by atoms with Crippen molar-refractivity contribution in [2.24, 2.45) is 0 Å². The Morgan fingerprint density at radius 1 is 1.19 bits per heavy atom. The van der Waals surface area contributed by atoms with E-state index in [-0.39, 0.29) is 18.1 Å². The smallest absolute Gasteiger partial charge is 0.349 e. The standard InChI is InChI=1S/C22H17F4N3OS/c1-13(15-3-2-4-16(9-15)22(24,25)26)27-20(30)10-18-12-31-21-28-19(11-29(18)21)14-5-7-17(23)8-6-14/h2-9,11-13H,10H2,1H3,(H,27,30)/t13-/m0/s1. The fraction of sp³-hybridized carbons (Fsp3) is 0.182. The summed E-state index contributed by atoms with van der Waals surface area (Å²) in [4.78, 5) is 17.7. The molecule has 4 nitrogen and oxygen atoms in total. The second kappa shape index (κ2) is 8.14. The van der Waals surface area contributed by atoms with Gasteiger partial charge in [-0.25, -0.2) is 9.37 Å². The summed E-state index contributed by atoms with van der Waals surface area (Å²) >= 11 is 1.37. The van der Waals surface area contributed by atoms with Crippen molar-refractivity contribution in [1.82, 2.24) is 14.7 Å².